The van der Waals surface area contributed by atoms with Crippen LogP contribution in [-0.2, 0) is 4.79 Å². The van der Waals surface area contributed by atoms with Gasteiger partial charge in [0, 0.05) is 24.6 Å². The zero-order valence-corrected chi connectivity index (χ0v) is 11.3. The summed E-state index contributed by atoms with van der Waals surface area (Å²) in [5.41, 5.74) is 3.23. The topological polar surface area (TPSA) is 44.7 Å². The van der Waals surface area contributed by atoms with Crippen LogP contribution in [0.4, 0.5) is 4.39 Å². The molecule has 2 rings (SSSR count). The van der Waals surface area contributed by atoms with Crippen molar-refractivity contribution in [3.8, 4) is 0 Å². The lowest BCUT2D eigenvalue weighted by molar-refractivity contribution is -0.122. The van der Waals surface area contributed by atoms with E-state index in [-0.39, 0.29) is 11.7 Å². The van der Waals surface area contributed by atoms with Gasteiger partial charge in [0.15, 0.2) is 0 Å². The first-order valence-corrected chi connectivity index (χ1v) is 7.27. The molecular formula is C13H16FN3OS. The number of benzene rings is 1. The standard InChI is InChI=1S/C13H16FN3OS/c14-12-3-1-11(2-4-12)9-15-16-13(18)10-17-5-7-19-8-6-17/h1-4,9H,5-8,10H2,(H,16,18)/b15-9-. The number of hydrazone groups is 1. The maximum atomic E-state index is 12.7. The Balaban J connectivity index is 1.74. The van der Waals surface area contributed by atoms with Crippen LogP contribution in [0.5, 0.6) is 0 Å². The predicted molar refractivity (Wildman–Crippen MR) is 75.9 cm³/mol. The molecule has 19 heavy (non-hydrogen) atoms. The van der Waals surface area contributed by atoms with Crippen LogP contribution in [0.15, 0.2) is 29.4 Å². The fourth-order valence-electron chi connectivity index (χ4n) is 1.73. The second-order valence-corrected chi connectivity index (χ2v) is 5.46. The van der Waals surface area contributed by atoms with Gasteiger partial charge in [-0.2, -0.15) is 16.9 Å². The molecule has 1 aliphatic rings. The third kappa shape index (κ3) is 5.00. The van der Waals surface area contributed by atoms with E-state index in [1.807, 2.05) is 11.8 Å². The molecule has 1 amide bonds. The molecular weight excluding hydrogens is 265 g/mol. The molecule has 1 N–H and O–H groups in total. The van der Waals surface area contributed by atoms with E-state index in [1.165, 1.54) is 18.3 Å². The lowest BCUT2D eigenvalue weighted by Gasteiger charge is -2.24. The molecule has 0 saturated carbocycles. The molecule has 1 fully saturated rings. The zero-order valence-electron chi connectivity index (χ0n) is 10.5. The molecule has 4 nitrogen and oxygen atoms in total. The quantitative estimate of drug-likeness (QED) is 0.669. The summed E-state index contributed by atoms with van der Waals surface area (Å²) in [6, 6.07) is 5.92. The number of halogens is 1. The largest absolute Gasteiger partial charge is 0.293 e. The van der Waals surface area contributed by atoms with Crippen LogP contribution in [0.25, 0.3) is 0 Å². The van der Waals surface area contributed by atoms with Gasteiger partial charge >= 0.3 is 0 Å². The van der Waals surface area contributed by atoms with Crippen LogP contribution in [0.3, 0.4) is 0 Å². The molecule has 0 bridgehead atoms. The molecule has 6 heteroatoms. The summed E-state index contributed by atoms with van der Waals surface area (Å²) >= 11 is 1.91. The number of thioether (sulfide) groups is 1. The monoisotopic (exact) mass is 281 g/mol. The van der Waals surface area contributed by atoms with Gasteiger partial charge in [0.1, 0.15) is 5.82 Å². The Morgan fingerprint density at radius 1 is 1.37 bits per heavy atom. The van der Waals surface area contributed by atoms with Gasteiger partial charge < -0.3 is 0 Å². The van der Waals surface area contributed by atoms with Crippen molar-refractivity contribution in [2.75, 3.05) is 31.1 Å². The number of nitrogens with one attached hydrogen (secondary N) is 1. The van der Waals surface area contributed by atoms with Gasteiger partial charge in [0.25, 0.3) is 5.91 Å². The van der Waals surface area contributed by atoms with E-state index in [2.05, 4.69) is 15.4 Å². The summed E-state index contributed by atoms with van der Waals surface area (Å²) in [5.74, 6) is 1.74. The van der Waals surface area contributed by atoms with Gasteiger partial charge in [0.05, 0.1) is 12.8 Å². The second kappa shape index (κ2) is 7.25. The first-order chi connectivity index (χ1) is 9.24. The van der Waals surface area contributed by atoms with E-state index < -0.39 is 0 Å². The molecule has 0 unspecified atom stereocenters. The van der Waals surface area contributed by atoms with Crippen LogP contribution in [0.1, 0.15) is 5.56 Å². The third-order valence-electron chi connectivity index (χ3n) is 2.74. The summed E-state index contributed by atoms with van der Waals surface area (Å²) < 4.78 is 12.7. The maximum Gasteiger partial charge on any atom is 0.254 e. The van der Waals surface area contributed by atoms with Crippen molar-refractivity contribution in [1.29, 1.82) is 0 Å². The highest BCUT2D eigenvalue weighted by atomic mass is 32.2. The summed E-state index contributed by atoms with van der Waals surface area (Å²) in [5, 5.41) is 3.86. The second-order valence-electron chi connectivity index (χ2n) is 4.23. The van der Waals surface area contributed by atoms with Crippen LogP contribution in [0.2, 0.25) is 0 Å². The van der Waals surface area contributed by atoms with Crippen molar-refractivity contribution in [3.63, 3.8) is 0 Å². The van der Waals surface area contributed by atoms with Gasteiger partial charge in [-0.05, 0) is 17.7 Å². The fraction of sp³-hybridized carbons (Fsp3) is 0.385. The van der Waals surface area contributed by atoms with Crippen molar-refractivity contribution in [2.24, 2.45) is 5.10 Å². The number of hydrogen-bond acceptors (Lipinski definition) is 4. The highest BCUT2D eigenvalue weighted by Gasteiger charge is 2.13. The van der Waals surface area contributed by atoms with E-state index in [9.17, 15) is 9.18 Å². The molecule has 0 spiro atoms. The summed E-state index contributed by atoms with van der Waals surface area (Å²) in [6.45, 7) is 2.26. The van der Waals surface area contributed by atoms with Gasteiger partial charge in [-0.1, -0.05) is 12.1 Å². The van der Waals surface area contributed by atoms with Crippen LogP contribution in [0, 0.1) is 5.82 Å². The Kier molecular flexibility index (Phi) is 5.35. The van der Waals surface area contributed by atoms with Gasteiger partial charge in [0.2, 0.25) is 0 Å². The SMILES string of the molecule is O=C(CN1CCSCC1)N/N=C\c1ccc(F)cc1. The highest BCUT2D eigenvalue weighted by Crippen LogP contribution is 2.08. The average molecular weight is 281 g/mol. The summed E-state index contributed by atoms with van der Waals surface area (Å²) in [6.07, 6.45) is 1.50. The molecule has 0 aromatic heterocycles. The Labute approximate surface area is 116 Å². The van der Waals surface area contributed by atoms with E-state index in [0.717, 1.165) is 30.2 Å². The van der Waals surface area contributed by atoms with Crippen molar-refractivity contribution in [3.05, 3.63) is 35.6 Å². The minimum absolute atomic E-state index is 0.120. The lowest BCUT2D eigenvalue weighted by Crippen LogP contribution is -2.40. The number of nitrogens with zero attached hydrogens (tertiary/aromatic N) is 2. The first kappa shape index (κ1) is 14.0. The molecule has 102 valence electrons. The Hall–Kier alpha value is -1.40. The number of amides is 1. The smallest absolute Gasteiger partial charge is 0.254 e. The zero-order chi connectivity index (χ0) is 13.5. The average Bonchev–Trinajstić information content (AvgIpc) is 2.42. The predicted octanol–water partition coefficient (Wildman–Crippen LogP) is 1.32. The molecule has 0 atom stereocenters. The molecule has 1 aromatic rings. The van der Waals surface area contributed by atoms with E-state index in [0.29, 0.717) is 6.54 Å². The van der Waals surface area contributed by atoms with Crippen molar-refractivity contribution in [1.82, 2.24) is 10.3 Å². The Morgan fingerprint density at radius 3 is 2.74 bits per heavy atom. The van der Waals surface area contributed by atoms with Gasteiger partial charge in [-0.15, -0.1) is 0 Å². The van der Waals surface area contributed by atoms with E-state index >= 15 is 0 Å². The molecule has 1 saturated heterocycles. The molecule has 1 aliphatic heterocycles. The summed E-state index contributed by atoms with van der Waals surface area (Å²) in [4.78, 5) is 13.7. The number of carbonyl (C=O) groups is 1. The van der Waals surface area contributed by atoms with E-state index in [1.54, 1.807) is 12.1 Å². The summed E-state index contributed by atoms with van der Waals surface area (Å²) in [7, 11) is 0. The molecule has 1 heterocycles. The fourth-order valence-corrected chi connectivity index (χ4v) is 2.70. The van der Waals surface area contributed by atoms with Crippen molar-refractivity contribution >= 4 is 23.9 Å². The maximum absolute atomic E-state index is 12.7. The van der Waals surface area contributed by atoms with Crippen molar-refractivity contribution < 1.29 is 9.18 Å². The van der Waals surface area contributed by atoms with Gasteiger partial charge in [-0.3, -0.25) is 9.69 Å². The minimum atomic E-state index is -0.288. The molecule has 0 aliphatic carbocycles. The van der Waals surface area contributed by atoms with Crippen LogP contribution in [-0.4, -0.2) is 48.2 Å². The normalized spacial score (nSPS) is 16.7. The Morgan fingerprint density at radius 2 is 2.05 bits per heavy atom. The molecule has 0 radical (unpaired) electrons. The highest BCUT2D eigenvalue weighted by molar-refractivity contribution is 7.99. The van der Waals surface area contributed by atoms with E-state index in [4.69, 9.17) is 0 Å². The third-order valence-corrected chi connectivity index (χ3v) is 3.69. The lowest BCUT2D eigenvalue weighted by atomic mass is 10.2. The minimum Gasteiger partial charge on any atom is -0.293 e. The Bertz CT molecular complexity index is 444. The van der Waals surface area contributed by atoms with Crippen LogP contribution >= 0.6 is 11.8 Å². The van der Waals surface area contributed by atoms with Gasteiger partial charge in [-0.25, -0.2) is 9.82 Å². The van der Waals surface area contributed by atoms with Crippen molar-refractivity contribution in [2.45, 2.75) is 0 Å². The number of rotatable bonds is 4. The van der Waals surface area contributed by atoms with Crippen LogP contribution < -0.4 is 5.43 Å². The number of carbonyl (C=O) groups excluding carboxylic acids is 1. The molecule has 1 aromatic carbocycles. The first-order valence-electron chi connectivity index (χ1n) is 6.11. The number of hydrogen-bond donors (Lipinski definition) is 1.